The molecule has 0 radical (unpaired) electrons. The first-order valence-corrected chi connectivity index (χ1v) is 8.31. The van der Waals surface area contributed by atoms with E-state index in [1.165, 1.54) is 0 Å². The van der Waals surface area contributed by atoms with E-state index in [1.807, 2.05) is 44.9 Å². The number of rotatable bonds is 8. The van der Waals surface area contributed by atoms with Crippen LogP contribution in [0.1, 0.15) is 31.4 Å². The molecule has 0 unspecified atom stereocenters. The lowest BCUT2D eigenvalue weighted by Crippen LogP contribution is -2.46. The van der Waals surface area contributed by atoms with Crippen LogP contribution < -0.4 is 20.1 Å². The van der Waals surface area contributed by atoms with E-state index in [-0.39, 0.29) is 18.5 Å². The highest BCUT2D eigenvalue weighted by Crippen LogP contribution is 2.30. The summed E-state index contributed by atoms with van der Waals surface area (Å²) in [5, 5.41) is 5.04. The van der Waals surface area contributed by atoms with E-state index in [0.29, 0.717) is 18.0 Å². The number of hydrogen-bond donors (Lipinski definition) is 2. The van der Waals surface area contributed by atoms with Gasteiger partial charge in [0, 0.05) is 12.6 Å². The summed E-state index contributed by atoms with van der Waals surface area (Å²) in [5.74, 6) is 0.973. The molecule has 0 saturated heterocycles. The van der Waals surface area contributed by atoms with Crippen LogP contribution in [-0.2, 0) is 11.3 Å². The predicted molar refractivity (Wildman–Crippen MR) is 97.0 cm³/mol. The van der Waals surface area contributed by atoms with E-state index in [0.717, 1.165) is 17.5 Å². The van der Waals surface area contributed by atoms with E-state index >= 15 is 0 Å². The van der Waals surface area contributed by atoms with E-state index in [2.05, 4.69) is 10.6 Å². The van der Waals surface area contributed by atoms with Crippen molar-refractivity contribution in [3.63, 3.8) is 0 Å². The van der Waals surface area contributed by atoms with Crippen molar-refractivity contribution in [2.24, 2.45) is 0 Å². The number of amides is 3. The number of ether oxygens (including phenoxy) is 2. The van der Waals surface area contributed by atoms with E-state index < -0.39 is 6.03 Å². The van der Waals surface area contributed by atoms with Crippen molar-refractivity contribution in [3.8, 4) is 11.5 Å². The highest BCUT2D eigenvalue weighted by atomic mass is 16.5. The van der Waals surface area contributed by atoms with Gasteiger partial charge in [0.1, 0.15) is 0 Å². The highest BCUT2D eigenvalue weighted by Gasteiger charge is 2.14. The summed E-state index contributed by atoms with van der Waals surface area (Å²) in [7, 11) is 5.00. The fraction of sp³-hybridized carbons (Fsp3) is 0.556. The Bertz CT molecular complexity index is 604. The molecule has 140 valence electrons. The number of imide groups is 1. The van der Waals surface area contributed by atoms with Gasteiger partial charge in [-0.3, -0.25) is 15.0 Å². The molecule has 0 aliphatic carbocycles. The molecule has 0 aliphatic heterocycles. The molecule has 0 aromatic heterocycles. The number of benzene rings is 1. The van der Waals surface area contributed by atoms with E-state index in [9.17, 15) is 9.59 Å². The van der Waals surface area contributed by atoms with Crippen molar-refractivity contribution in [1.82, 2.24) is 15.5 Å². The van der Waals surface area contributed by atoms with Gasteiger partial charge < -0.3 is 14.8 Å². The number of urea groups is 1. The Balaban J connectivity index is 2.63. The monoisotopic (exact) mass is 351 g/mol. The molecule has 3 amide bonds. The largest absolute Gasteiger partial charge is 0.493 e. The van der Waals surface area contributed by atoms with Gasteiger partial charge >= 0.3 is 6.03 Å². The Morgan fingerprint density at radius 2 is 1.80 bits per heavy atom. The maximum Gasteiger partial charge on any atom is 0.321 e. The molecular formula is C18H29N3O4. The highest BCUT2D eigenvalue weighted by molar-refractivity contribution is 5.95. The van der Waals surface area contributed by atoms with Crippen LogP contribution in [0.4, 0.5) is 4.79 Å². The maximum atomic E-state index is 12.0. The second-order valence-corrected chi connectivity index (χ2v) is 6.14. The van der Waals surface area contributed by atoms with Crippen molar-refractivity contribution in [2.45, 2.75) is 39.8 Å². The average Bonchev–Trinajstić information content (AvgIpc) is 2.55. The van der Waals surface area contributed by atoms with Gasteiger partial charge in [-0.15, -0.1) is 0 Å². The molecule has 1 rings (SSSR count). The summed E-state index contributed by atoms with van der Waals surface area (Å²) >= 11 is 0. The molecule has 1 aromatic carbocycles. The number of nitrogens with zero attached hydrogens (tertiary/aromatic N) is 1. The molecule has 0 fully saturated rings. The third kappa shape index (κ3) is 6.62. The summed E-state index contributed by atoms with van der Waals surface area (Å²) in [4.78, 5) is 25.5. The van der Waals surface area contributed by atoms with Crippen molar-refractivity contribution in [1.29, 1.82) is 0 Å². The van der Waals surface area contributed by atoms with Crippen LogP contribution in [-0.4, -0.2) is 50.7 Å². The number of methoxy groups -OCH3 is 2. The third-order valence-electron chi connectivity index (χ3n) is 3.94. The summed E-state index contributed by atoms with van der Waals surface area (Å²) in [6.45, 7) is 6.49. The summed E-state index contributed by atoms with van der Waals surface area (Å²) < 4.78 is 10.6. The fourth-order valence-electron chi connectivity index (χ4n) is 2.31. The molecule has 1 atom stereocenters. The van der Waals surface area contributed by atoms with Crippen LogP contribution in [0.2, 0.25) is 0 Å². The van der Waals surface area contributed by atoms with Gasteiger partial charge in [0.15, 0.2) is 11.5 Å². The minimum atomic E-state index is -0.463. The Labute approximate surface area is 149 Å². The number of carbonyl (C=O) groups excluding carboxylic acids is 2. The minimum Gasteiger partial charge on any atom is -0.493 e. The predicted octanol–water partition coefficient (Wildman–Crippen LogP) is 2.07. The molecule has 25 heavy (non-hydrogen) atoms. The Kier molecular flexibility index (Phi) is 8.21. The van der Waals surface area contributed by atoms with Gasteiger partial charge in [0.25, 0.3) is 0 Å². The Morgan fingerprint density at radius 3 is 2.36 bits per heavy atom. The van der Waals surface area contributed by atoms with Crippen LogP contribution in [0.5, 0.6) is 11.5 Å². The number of likely N-dealkylation sites (N-methyl/N-ethyl adjacent to an activating group) is 1. The SMILES string of the molecule is CC[C@@H](C)NC(=O)NC(=O)CN(C)Cc1cc(OC)c(OC)cc1C. The zero-order chi connectivity index (χ0) is 19.0. The van der Waals surface area contributed by atoms with Gasteiger partial charge in [-0.2, -0.15) is 0 Å². The smallest absolute Gasteiger partial charge is 0.321 e. The van der Waals surface area contributed by atoms with Gasteiger partial charge in [0.2, 0.25) is 5.91 Å². The van der Waals surface area contributed by atoms with E-state index in [4.69, 9.17) is 9.47 Å². The molecule has 0 saturated carbocycles. The minimum absolute atomic E-state index is 0.0277. The normalized spacial score (nSPS) is 11.8. The van der Waals surface area contributed by atoms with E-state index in [1.54, 1.807) is 14.2 Å². The Morgan fingerprint density at radius 1 is 1.20 bits per heavy atom. The van der Waals surface area contributed by atoms with Gasteiger partial charge in [0.05, 0.1) is 20.8 Å². The molecule has 2 N–H and O–H groups in total. The lowest BCUT2D eigenvalue weighted by Gasteiger charge is -2.19. The quantitative estimate of drug-likeness (QED) is 0.749. The maximum absolute atomic E-state index is 12.0. The second kappa shape index (κ2) is 9.88. The number of aryl methyl sites for hydroxylation is 1. The molecular weight excluding hydrogens is 322 g/mol. The summed E-state index contributed by atoms with van der Waals surface area (Å²) in [6.07, 6.45) is 0.806. The molecule has 0 heterocycles. The number of nitrogens with one attached hydrogen (secondary N) is 2. The number of carbonyl (C=O) groups is 2. The van der Waals surface area contributed by atoms with Crippen LogP contribution in [0.15, 0.2) is 12.1 Å². The van der Waals surface area contributed by atoms with Gasteiger partial charge in [-0.05, 0) is 50.6 Å². The molecule has 1 aromatic rings. The first-order chi connectivity index (χ1) is 11.8. The van der Waals surface area contributed by atoms with Crippen LogP contribution in [0.25, 0.3) is 0 Å². The van der Waals surface area contributed by atoms with Gasteiger partial charge in [-0.25, -0.2) is 4.79 Å². The van der Waals surface area contributed by atoms with Crippen molar-refractivity contribution in [3.05, 3.63) is 23.3 Å². The topological polar surface area (TPSA) is 79.9 Å². The standard InChI is InChI=1S/C18H29N3O4/c1-7-13(3)19-18(23)20-17(22)11-21(4)10-14-9-16(25-6)15(24-5)8-12(14)2/h8-9,13H,7,10-11H2,1-6H3,(H2,19,20,22,23)/t13-/m1/s1. The molecule has 0 spiro atoms. The lowest BCUT2D eigenvalue weighted by atomic mass is 10.1. The second-order valence-electron chi connectivity index (χ2n) is 6.14. The van der Waals surface area contributed by atoms with Crippen LogP contribution >= 0.6 is 0 Å². The van der Waals surface area contributed by atoms with Gasteiger partial charge in [-0.1, -0.05) is 6.92 Å². The fourth-order valence-corrected chi connectivity index (χ4v) is 2.31. The Hall–Kier alpha value is -2.28. The molecule has 7 heteroatoms. The van der Waals surface area contributed by atoms with Crippen molar-refractivity contribution < 1.29 is 19.1 Å². The zero-order valence-electron chi connectivity index (χ0n) is 15.9. The summed E-state index contributed by atoms with van der Waals surface area (Å²) in [6, 6.07) is 3.37. The first kappa shape index (κ1) is 20.8. The van der Waals surface area contributed by atoms with Crippen molar-refractivity contribution in [2.75, 3.05) is 27.8 Å². The van der Waals surface area contributed by atoms with Crippen molar-refractivity contribution >= 4 is 11.9 Å². The molecule has 0 aliphatic rings. The zero-order valence-corrected chi connectivity index (χ0v) is 15.9. The first-order valence-electron chi connectivity index (χ1n) is 8.31. The lowest BCUT2D eigenvalue weighted by molar-refractivity contribution is -0.121. The van der Waals surface area contributed by atoms with Crippen LogP contribution in [0.3, 0.4) is 0 Å². The third-order valence-corrected chi connectivity index (χ3v) is 3.94. The number of hydrogen-bond acceptors (Lipinski definition) is 5. The van der Waals surface area contributed by atoms with Crippen LogP contribution in [0, 0.1) is 6.92 Å². The molecule has 0 bridgehead atoms. The molecule has 7 nitrogen and oxygen atoms in total. The average molecular weight is 351 g/mol. The summed E-state index contributed by atoms with van der Waals surface area (Å²) in [5.41, 5.74) is 2.07.